The van der Waals surface area contributed by atoms with Gasteiger partial charge in [-0.25, -0.2) is 4.39 Å². The van der Waals surface area contributed by atoms with E-state index in [1.807, 2.05) is 6.07 Å². The third kappa shape index (κ3) is 5.93. The van der Waals surface area contributed by atoms with Gasteiger partial charge in [-0.05, 0) is 112 Å². The Hall–Kier alpha value is -2.66. The Morgan fingerprint density at radius 1 is 0.946 bits per heavy atom. The molecule has 0 bridgehead atoms. The van der Waals surface area contributed by atoms with E-state index in [-0.39, 0.29) is 5.82 Å². The normalized spacial score (nSPS) is 23.0. The third-order valence-corrected chi connectivity index (χ3v) is 8.73. The van der Waals surface area contributed by atoms with Crippen LogP contribution < -0.4 is 4.74 Å². The van der Waals surface area contributed by atoms with Crippen LogP contribution in [0.2, 0.25) is 0 Å². The monoisotopic (exact) mass is 501 g/mol. The number of aryl methyl sites for hydroxylation is 1. The van der Waals surface area contributed by atoms with Crippen LogP contribution in [0.3, 0.4) is 0 Å². The number of aromatic nitrogens is 2. The maximum Gasteiger partial charge on any atom is 0.123 e. The fraction of sp³-hybridized carbons (Fsp3) is 0.531. The first-order valence-corrected chi connectivity index (χ1v) is 14.4. The fourth-order valence-electron chi connectivity index (χ4n) is 6.60. The van der Waals surface area contributed by atoms with Gasteiger partial charge >= 0.3 is 0 Å². The smallest absolute Gasteiger partial charge is 0.123 e. The lowest BCUT2D eigenvalue weighted by molar-refractivity contribution is 0.175. The molecule has 0 radical (unpaired) electrons. The van der Waals surface area contributed by atoms with Crippen LogP contribution in [0.1, 0.15) is 86.2 Å². The minimum Gasteiger partial charge on any atom is -0.490 e. The molecular weight excluding hydrogens is 461 g/mol. The number of rotatable bonds is 9. The van der Waals surface area contributed by atoms with Gasteiger partial charge < -0.3 is 9.64 Å². The van der Waals surface area contributed by atoms with E-state index in [1.165, 1.54) is 67.5 Å². The van der Waals surface area contributed by atoms with Crippen molar-refractivity contribution in [2.45, 2.75) is 82.8 Å². The minimum atomic E-state index is -0.101. The molecule has 2 atom stereocenters. The van der Waals surface area contributed by atoms with Crippen molar-refractivity contribution in [3.63, 3.8) is 0 Å². The second-order valence-corrected chi connectivity index (χ2v) is 11.4. The molecule has 2 aliphatic carbocycles. The highest BCUT2D eigenvalue weighted by atomic mass is 19.1. The molecule has 2 aromatic carbocycles. The van der Waals surface area contributed by atoms with Crippen molar-refractivity contribution in [2.24, 2.45) is 5.92 Å². The van der Waals surface area contributed by atoms with Gasteiger partial charge in [-0.2, -0.15) is 5.10 Å². The zero-order valence-corrected chi connectivity index (χ0v) is 22.1. The summed E-state index contributed by atoms with van der Waals surface area (Å²) in [6, 6.07) is 18.2. The van der Waals surface area contributed by atoms with Gasteiger partial charge in [-0.15, -0.1) is 0 Å². The summed E-state index contributed by atoms with van der Waals surface area (Å²) in [6.07, 6.45) is 9.78. The van der Waals surface area contributed by atoms with Gasteiger partial charge in [-0.1, -0.05) is 30.7 Å². The zero-order chi connectivity index (χ0) is 25.2. The maximum atomic E-state index is 13.8. The molecule has 3 aromatic rings. The van der Waals surface area contributed by atoms with Crippen molar-refractivity contribution in [3.8, 4) is 5.75 Å². The zero-order valence-electron chi connectivity index (χ0n) is 22.1. The second kappa shape index (κ2) is 11.0. The maximum absolute atomic E-state index is 13.8. The Balaban J connectivity index is 1.05. The molecule has 1 saturated heterocycles. The highest BCUT2D eigenvalue weighted by Crippen LogP contribution is 2.41. The summed E-state index contributed by atoms with van der Waals surface area (Å²) in [5, 5.41) is 4.97. The molecule has 3 fully saturated rings. The molecule has 6 rings (SSSR count). The molecule has 3 aliphatic rings. The molecule has 4 nitrogen and oxygen atoms in total. The van der Waals surface area contributed by atoms with Gasteiger partial charge in [0.05, 0.1) is 11.8 Å². The van der Waals surface area contributed by atoms with Crippen molar-refractivity contribution < 1.29 is 9.13 Å². The van der Waals surface area contributed by atoms with Gasteiger partial charge in [0.15, 0.2) is 0 Å². The number of benzene rings is 2. The summed E-state index contributed by atoms with van der Waals surface area (Å²) in [5.74, 6) is 2.61. The van der Waals surface area contributed by atoms with Crippen LogP contribution >= 0.6 is 0 Å². The highest BCUT2D eigenvalue weighted by molar-refractivity contribution is 5.31. The molecule has 1 unspecified atom stereocenters. The lowest BCUT2D eigenvalue weighted by Crippen LogP contribution is -2.37. The molecule has 0 N–H and O–H groups in total. The Kier molecular flexibility index (Phi) is 7.32. The molecule has 2 heterocycles. The van der Waals surface area contributed by atoms with Crippen molar-refractivity contribution in [2.75, 3.05) is 19.6 Å². The predicted octanol–water partition coefficient (Wildman–Crippen LogP) is 6.94. The largest absolute Gasteiger partial charge is 0.490 e. The summed E-state index contributed by atoms with van der Waals surface area (Å²) < 4.78 is 22.0. The lowest BCUT2D eigenvalue weighted by atomic mass is 9.87. The van der Waals surface area contributed by atoms with Crippen molar-refractivity contribution in [1.82, 2.24) is 14.7 Å². The molecule has 0 amide bonds. The van der Waals surface area contributed by atoms with Crippen molar-refractivity contribution in [3.05, 3.63) is 82.9 Å². The highest BCUT2D eigenvalue weighted by Gasteiger charge is 2.32. The third-order valence-electron chi connectivity index (χ3n) is 8.73. The van der Waals surface area contributed by atoms with Gasteiger partial charge in [0.25, 0.3) is 0 Å². The van der Waals surface area contributed by atoms with Crippen LogP contribution in [0.5, 0.6) is 5.75 Å². The van der Waals surface area contributed by atoms with Crippen LogP contribution in [0, 0.1) is 11.7 Å². The fourth-order valence-corrected chi connectivity index (χ4v) is 6.60. The van der Waals surface area contributed by atoms with Crippen LogP contribution in [0.25, 0.3) is 0 Å². The van der Waals surface area contributed by atoms with E-state index in [0.717, 1.165) is 38.3 Å². The predicted molar refractivity (Wildman–Crippen MR) is 146 cm³/mol. The number of ether oxygens (including phenoxy) is 1. The SMILES string of the molecule is CCn1nc(Cc2ccc(OC3CC3)cc2)cc1C1CCN(CC2CCC[C@@H]2c2cccc(F)c2)CC1. The first kappa shape index (κ1) is 24.7. The molecule has 5 heteroatoms. The molecular formula is C32H40FN3O. The van der Waals surface area contributed by atoms with E-state index in [4.69, 9.17) is 9.84 Å². The van der Waals surface area contributed by atoms with Gasteiger partial charge in [0.1, 0.15) is 11.6 Å². The topological polar surface area (TPSA) is 30.3 Å². The van der Waals surface area contributed by atoms with Gasteiger partial charge in [0, 0.05) is 31.1 Å². The average molecular weight is 502 g/mol. The number of hydrogen-bond acceptors (Lipinski definition) is 3. The number of piperidine rings is 1. The Morgan fingerprint density at radius 3 is 2.49 bits per heavy atom. The number of nitrogens with zero attached hydrogens (tertiary/aromatic N) is 3. The van der Waals surface area contributed by atoms with Crippen molar-refractivity contribution >= 4 is 0 Å². The molecule has 37 heavy (non-hydrogen) atoms. The van der Waals surface area contributed by atoms with Gasteiger partial charge in [0.2, 0.25) is 0 Å². The quantitative estimate of drug-likeness (QED) is 0.318. The molecule has 1 aromatic heterocycles. The second-order valence-electron chi connectivity index (χ2n) is 11.4. The Morgan fingerprint density at radius 2 is 1.76 bits per heavy atom. The van der Waals surface area contributed by atoms with Gasteiger partial charge in [-0.3, -0.25) is 4.68 Å². The lowest BCUT2D eigenvalue weighted by Gasteiger charge is -2.35. The summed E-state index contributed by atoms with van der Waals surface area (Å²) in [4.78, 5) is 2.66. The van der Waals surface area contributed by atoms with E-state index in [9.17, 15) is 4.39 Å². The summed E-state index contributed by atoms with van der Waals surface area (Å²) in [6.45, 7) is 6.55. The van der Waals surface area contributed by atoms with Crippen LogP contribution in [-0.4, -0.2) is 40.4 Å². The number of halogens is 1. The number of hydrogen-bond donors (Lipinski definition) is 0. The van der Waals surface area contributed by atoms with Crippen LogP contribution in [0.15, 0.2) is 54.6 Å². The standard InChI is InChI=1S/C32H40FN3O/c1-2-36-32(21-28(34-36)19-23-9-11-29(12-10-23)37-30-13-14-30)24-15-17-35(18-16-24)22-26-6-4-8-31(26)25-5-3-7-27(33)20-25/h3,5,7,9-12,20-21,24,26,30-31H,2,4,6,8,13-19,22H2,1H3/t26?,31-/m1/s1. The first-order chi connectivity index (χ1) is 18.1. The molecule has 196 valence electrons. The van der Waals surface area contributed by atoms with Crippen molar-refractivity contribution in [1.29, 1.82) is 0 Å². The van der Waals surface area contributed by atoms with E-state index in [2.05, 4.69) is 52.9 Å². The first-order valence-electron chi connectivity index (χ1n) is 14.4. The Labute approximate surface area is 220 Å². The summed E-state index contributed by atoms with van der Waals surface area (Å²) >= 11 is 0. The van der Waals surface area contributed by atoms with E-state index < -0.39 is 0 Å². The summed E-state index contributed by atoms with van der Waals surface area (Å²) in [5.41, 5.74) is 5.06. The van der Waals surface area contributed by atoms with Crippen LogP contribution in [-0.2, 0) is 13.0 Å². The van der Waals surface area contributed by atoms with E-state index in [1.54, 1.807) is 12.1 Å². The van der Waals surface area contributed by atoms with E-state index in [0.29, 0.717) is 23.9 Å². The minimum absolute atomic E-state index is 0.101. The summed E-state index contributed by atoms with van der Waals surface area (Å²) in [7, 11) is 0. The van der Waals surface area contributed by atoms with Crippen LogP contribution in [0.4, 0.5) is 4.39 Å². The average Bonchev–Trinajstić information content (AvgIpc) is 3.45. The molecule has 2 saturated carbocycles. The number of likely N-dealkylation sites (tertiary alicyclic amines) is 1. The Bertz CT molecular complexity index is 1180. The molecule has 1 aliphatic heterocycles. The molecule has 0 spiro atoms. The van der Waals surface area contributed by atoms with E-state index >= 15 is 0 Å².